The molecule has 17 heavy (non-hydrogen) atoms. The topological polar surface area (TPSA) is 20.3 Å². The molecule has 0 radical (unpaired) electrons. The highest BCUT2D eigenvalue weighted by atomic mass is 79.9. The number of nitrogens with zero attached hydrogens (tertiary/aromatic N) is 1. The van der Waals surface area contributed by atoms with E-state index in [0.29, 0.717) is 6.54 Å². The van der Waals surface area contributed by atoms with Crippen LogP contribution >= 0.6 is 15.9 Å². The van der Waals surface area contributed by atoms with Crippen LogP contribution in [0.5, 0.6) is 0 Å². The second-order valence-electron chi connectivity index (χ2n) is 4.24. The van der Waals surface area contributed by atoms with Gasteiger partial charge in [-0.1, -0.05) is 0 Å². The van der Waals surface area contributed by atoms with Crippen LogP contribution in [0.3, 0.4) is 0 Å². The molecule has 1 atom stereocenters. The first-order chi connectivity index (χ1) is 8.00. The van der Waals surface area contributed by atoms with Gasteiger partial charge in [-0.25, -0.2) is 8.78 Å². The fraction of sp³-hybridized carbons (Fsp3) is 0.417. The molecule has 0 N–H and O–H groups in total. The number of carbonyl (C=O) groups is 1. The molecule has 0 spiro atoms. The molecule has 0 saturated carbocycles. The summed E-state index contributed by atoms with van der Waals surface area (Å²) in [5.41, 5.74) is -0.0768. The van der Waals surface area contributed by atoms with Crippen LogP contribution in [0.2, 0.25) is 0 Å². The Balaban J connectivity index is 2.34. The molecule has 1 saturated heterocycles. The van der Waals surface area contributed by atoms with E-state index in [-0.39, 0.29) is 22.0 Å². The highest BCUT2D eigenvalue weighted by Crippen LogP contribution is 2.24. The zero-order chi connectivity index (χ0) is 12.6. The summed E-state index contributed by atoms with van der Waals surface area (Å²) in [6.45, 7) is 2.57. The first-order valence-corrected chi connectivity index (χ1v) is 6.25. The minimum absolute atomic E-state index is 0.0768. The van der Waals surface area contributed by atoms with E-state index < -0.39 is 11.6 Å². The molecule has 0 unspecified atom stereocenters. The minimum atomic E-state index is -0.810. The van der Waals surface area contributed by atoms with Crippen LogP contribution in [0, 0.1) is 11.6 Å². The Morgan fingerprint density at radius 2 is 2.12 bits per heavy atom. The molecule has 0 aliphatic carbocycles. The van der Waals surface area contributed by atoms with E-state index in [0.717, 1.165) is 18.9 Å². The summed E-state index contributed by atoms with van der Waals surface area (Å²) in [4.78, 5) is 13.7. The molecular weight excluding hydrogens is 292 g/mol. The molecule has 0 aromatic heterocycles. The van der Waals surface area contributed by atoms with E-state index in [1.54, 1.807) is 4.90 Å². The molecule has 1 aliphatic heterocycles. The van der Waals surface area contributed by atoms with Crippen LogP contribution in [0.1, 0.15) is 30.1 Å². The van der Waals surface area contributed by atoms with Crippen LogP contribution in [0.25, 0.3) is 0 Å². The number of benzene rings is 1. The Morgan fingerprint density at radius 3 is 2.71 bits per heavy atom. The third-order valence-electron chi connectivity index (χ3n) is 3.05. The standard InChI is InChI=1S/C12H12BrF2NO/c1-7-3-2-4-16(7)12(17)8-5-9(13)11(15)6-10(8)14/h5-7H,2-4H2,1H3/t7-/m0/s1. The van der Waals surface area contributed by atoms with Gasteiger partial charge in [0.2, 0.25) is 0 Å². The fourth-order valence-electron chi connectivity index (χ4n) is 2.08. The average Bonchev–Trinajstić information content (AvgIpc) is 2.69. The summed E-state index contributed by atoms with van der Waals surface area (Å²) in [5.74, 6) is -1.88. The average molecular weight is 304 g/mol. The Labute approximate surface area is 107 Å². The molecule has 1 amide bonds. The molecule has 2 rings (SSSR count). The number of rotatable bonds is 1. The van der Waals surface area contributed by atoms with Crippen molar-refractivity contribution in [1.29, 1.82) is 0 Å². The van der Waals surface area contributed by atoms with Gasteiger partial charge in [-0.15, -0.1) is 0 Å². The lowest BCUT2D eigenvalue weighted by atomic mass is 10.1. The zero-order valence-electron chi connectivity index (χ0n) is 9.34. The van der Waals surface area contributed by atoms with Crippen molar-refractivity contribution < 1.29 is 13.6 Å². The number of likely N-dealkylation sites (tertiary alicyclic amines) is 1. The van der Waals surface area contributed by atoms with Crippen LogP contribution < -0.4 is 0 Å². The molecule has 92 valence electrons. The van der Waals surface area contributed by atoms with Gasteiger partial charge in [0.1, 0.15) is 11.6 Å². The maximum absolute atomic E-state index is 13.6. The first-order valence-electron chi connectivity index (χ1n) is 5.46. The molecule has 1 fully saturated rings. The number of carbonyl (C=O) groups excluding carboxylic acids is 1. The Morgan fingerprint density at radius 1 is 1.41 bits per heavy atom. The SMILES string of the molecule is C[C@H]1CCCN1C(=O)c1cc(Br)c(F)cc1F. The highest BCUT2D eigenvalue weighted by molar-refractivity contribution is 9.10. The summed E-state index contributed by atoms with van der Waals surface area (Å²) in [7, 11) is 0. The summed E-state index contributed by atoms with van der Waals surface area (Å²) < 4.78 is 26.7. The predicted octanol–water partition coefficient (Wildman–Crippen LogP) is 3.35. The summed E-state index contributed by atoms with van der Waals surface area (Å²) in [6, 6.07) is 2.06. The van der Waals surface area contributed by atoms with Gasteiger partial charge in [0, 0.05) is 18.7 Å². The number of amides is 1. The lowest BCUT2D eigenvalue weighted by Crippen LogP contribution is -2.34. The first kappa shape index (κ1) is 12.5. The van der Waals surface area contributed by atoms with Crippen LogP contribution in [0.15, 0.2) is 16.6 Å². The minimum Gasteiger partial charge on any atom is -0.336 e. The lowest BCUT2D eigenvalue weighted by molar-refractivity contribution is 0.0742. The van der Waals surface area contributed by atoms with Crippen LogP contribution in [-0.4, -0.2) is 23.4 Å². The molecule has 1 heterocycles. The van der Waals surface area contributed by atoms with E-state index in [9.17, 15) is 13.6 Å². The number of hydrogen-bond donors (Lipinski definition) is 0. The quantitative estimate of drug-likeness (QED) is 0.729. The molecule has 1 aromatic carbocycles. The Bertz CT molecular complexity index is 464. The molecule has 2 nitrogen and oxygen atoms in total. The van der Waals surface area contributed by atoms with Crippen molar-refractivity contribution in [3.8, 4) is 0 Å². The van der Waals surface area contributed by atoms with E-state index in [1.807, 2.05) is 6.92 Å². The Hall–Kier alpha value is -0.970. The third kappa shape index (κ3) is 2.34. The monoisotopic (exact) mass is 303 g/mol. The second-order valence-corrected chi connectivity index (χ2v) is 5.09. The van der Waals surface area contributed by atoms with E-state index in [2.05, 4.69) is 15.9 Å². The zero-order valence-corrected chi connectivity index (χ0v) is 10.9. The summed E-state index contributed by atoms with van der Waals surface area (Å²) >= 11 is 2.96. The summed E-state index contributed by atoms with van der Waals surface area (Å²) in [6.07, 6.45) is 1.85. The van der Waals surface area contributed by atoms with Crippen molar-refractivity contribution in [3.05, 3.63) is 33.8 Å². The fourth-order valence-corrected chi connectivity index (χ4v) is 2.42. The largest absolute Gasteiger partial charge is 0.336 e. The predicted molar refractivity (Wildman–Crippen MR) is 63.8 cm³/mol. The van der Waals surface area contributed by atoms with Crippen molar-refractivity contribution in [2.24, 2.45) is 0 Å². The maximum atomic E-state index is 13.6. The van der Waals surface area contributed by atoms with Gasteiger partial charge >= 0.3 is 0 Å². The van der Waals surface area contributed by atoms with Gasteiger partial charge < -0.3 is 4.90 Å². The van der Waals surface area contributed by atoms with Crippen molar-refractivity contribution >= 4 is 21.8 Å². The third-order valence-corrected chi connectivity index (χ3v) is 3.66. The van der Waals surface area contributed by atoms with Gasteiger partial charge in [0.15, 0.2) is 0 Å². The van der Waals surface area contributed by atoms with E-state index >= 15 is 0 Å². The molecule has 0 bridgehead atoms. The molecule has 1 aliphatic rings. The molecule has 1 aromatic rings. The van der Waals surface area contributed by atoms with Crippen LogP contribution in [-0.2, 0) is 0 Å². The van der Waals surface area contributed by atoms with E-state index in [4.69, 9.17) is 0 Å². The normalized spacial score (nSPS) is 19.8. The molecular formula is C12H12BrF2NO. The lowest BCUT2D eigenvalue weighted by Gasteiger charge is -2.21. The van der Waals surface area contributed by atoms with Crippen molar-refractivity contribution in [2.45, 2.75) is 25.8 Å². The van der Waals surface area contributed by atoms with Gasteiger partial charge in [-0.2, -0.15) is 0 Å². The number of hydrogen-bond acceptors (Lipinski definition) is 1. The number of halogens is 3. The van der Waals surface area contributed by atoms with Gasteiger partial charge in [-0.05, 0) is 41.8 Å². The summed E-state index contributed by atoms with van der Waals surface area (Å²) in [5, 5.41) is 0. The van der Waals surface area contributed by atoms with Gasteiger partial charge in [-0.3, -0.25) is 4.79 Å². The molecule has 5 heteroatoms. The van der Waals surface area contributed by atoms with Crippen molar-refractivity contribution in [1.82, 2.24) is 4.90 Å². The van der Waals surface area contributed by atoms with E-state index in [1.165, 1.54) is 6.07 Å². The van der Waals surface area contributed by atoms with Gasteiger partial charge in [0.25, 0.3) is 5.91 Å². The van der Waals surface area contributed by atoms with Gasteiger partial charge in [0.05, 0.1) is 10.0 Å². The second kappa shape index (κ2) is 4.72. The van der Waals surface area contributed by atoms with Crippen molar-refractivity contribution in [2.75, 3.05) is 6.54 Å². The smallest absolute Gasteiger partial charge is 0.257 e. The maximum Gasteiger partial charge on any atom is 0.257 e. The highest BCUT2D eigenvalue weighted by Gasteiger charge is 2.28. The Kier molecular flexibility index (Phi) is 3.47. The van der Waals surface area contributed by atoms with Crippen molar-refractivity contribution in [3.63, 3.8) is 0 Å². The van der Waals surface area contributed by atoms with Crippen LogP contribution in [0.4, 0.5) is 8.78 Å².